The van der Waals surface area contributed by atoms with Gasteiger partial charge in [-0.2, -0.15) is 0 Å². The lowest BCUT2D eigenvalue weighted by atomic mass is 9.77. The molecular formula is C20H22N2O2. The Bertz CT molecular complexity index is 723. The highest BCUT2D eigenvalue weighted by Crippen LogP contribution is 2.46. The van der Waals surface area contributed by atoms with Gasteiger partial charge in [0, 0.05) is 18.2 Å². The van der Waals surface area contributed by atoms with Crippen molar-refractivity contribution in [3.8, 4) is 5.75 Å². The Morgan fingerprint density at radius 3 is 2.67 bits per heavy atom. The summed E-state index contributed by atoms with van der Waals surface area (Å²) in [4.78, 5) is 16.7. The molecule has 1 unspecified atom stereocenters. The van der Waals surface area contributed by atoms with E-state index < -0.39 is 0 Å². The minimum atomic E-state index is -0.130. The van der Waals surface area contributed by atoms with E-state index in [0.717, 1.165) is 30.6 Å². The van der Waals surface area contributed by atoms with E-state index in [-0.39, 0.29) is 17.6 Å². The number of para-hydroxylation sites is 1. The van der Waals surface area contributed by atoms with Gasteiger partial charge in [-0.05, 0) is 43.9 Å². The topological polar surface area (TPSA) is 51.2 Å². The first-order valence-electron chi connectivity index (χ1n) is 8.76. The quantitative estimate of drug-likeness (QED) is 0.908. The number of amides is 1. The number of nitrogens with zero attached hydrogens (tertiary/aromatic N) is 1. The maximum absolute atomic E-state index is 12.6. The Kier molecular flexibility index (Phi) is 3.97. The van der Waals surface area contributed by atoms with Crippen LogP contribution >= 0.6 is 0 Å². The number of hydrogen-bond acceptors (Lipinski definition) is 3. The zero-order chi connectivity index (χ0) is 16.4. The summed E-state index contributed by atoms with van der Waals surface area (Å²) >= 11 is 0. The van der Waals surface area contributed by atoms with Gasteiger partial charge in [0.2, 0.25) is 0 Å². The second-order valence-corrected chi connectivity index (χ2v) is 6.83. The lowest BCUT2D eigenvalue weighted by molar-refractivity contribution is -0.00212. The minimum Gasteiger partial charge on any atom is -0.487 e. The van der Waals surface area contributed by atoms with Gasteiger partial charge in [0.05, 0.1) is 6.04 Å². The number of nitrogens with one attached hydrogen (secondary N) is 1. The monoisotopic (exact) mass is 322 g/mol. The molecule has 124 valence electrons. The molecule has 4 nitrogen and oxygen atoms in total. The third kappa shape index (κ3) is 2.88. The predicted molar refractivity (Wildman–Crippen MR) is 91.9 cm³/mol. The predicted octanol–water partition coefficient (Wildman–Crippen LogP) is 4.04. The average Bonchev–Trinajstić information content (AvgIpc) is 2.63. The molecule has 1 aliphatic heterocycles. The molecule has 24 heavy (non-hydrogen) atoms. The van der Waals surface area contributed by atoms with Crippen molar-refractivity contribution < 1.29 is 9.53 Å². The maximum atomic E-state index is 12.6. The first kappa shape index (κ1) is 15.2. The van der Waals surface area contributed by atoms with E-state index >= 15 is 0 Å². The smallest absolute Gasteiger partial charge is 0.270 e. The van der Waals surface area contributed by atoms with Gasteiger partial charge in [-0.3, -0.25) is 9.78 Å². The van der Waals surface area contributed by atoms with Crippen molar-refractivity contribution in [2.24, 2.45) is 0 Å². The van der Waals surface area contributed by atoms with Crippen LogP contribution in [-0.4, -0.2) is 16.5 Å². The summed E-state index contributed by atoms with van der Waals surface area (Å²) in [6.45, 7) is 0. The van der Waals surface area contributed by atoms with Crippen LogP contribution in [0.3, 0.4) is 0 Å². The average molecular weight is 322 g/mol. The summed E-state index contributed by atoms with van der Waals surface area (Å²) in [7, 11) is 0. The van der Waals surface area contributed by atoms with Crippen molar-refractivity contribution in [3.05, 3.63) is 59.9 Å². The molecule has 0 bridgehead atoms. The van der Waals surface area contributed by atoms with E-state index in [0.29, 0.717) is 5.69 Å². The van der Waals surface area contributed by atoms with Crippen LogP contribution in [0.2, 0.25) is 0 Å². The van der Waals surface area contributed by atoms with Crippen molar-refractivity contribution >= 4 is 5.91 Å². The molecule has 2 heterocycles. The van der Waals surface area contributed by atoms with Gasteiger partial charge < -0.3 is 10.1 Å². The molecular weight excluding hydrogens is 300 g/mol. The van der Waals surface area contributed by atoms with Crippen LogP contribution < -0.4 is 10.1 Å². The first-order valence-corrected chi connectivity index (χ1v) is 8.76. The van der Waals surface area contributed by atoms with Crippen LogP contribution in [-0.2, 0) is 0 Å². The number of carbonyl (C=O) groups excluding carboxylic acids is 1. The molecule has 1 aromatic carbocycles. The van der Waals surface area contributed by atoms with Gasteiger partial charge in [-0.1, -0.05) is 30.7 Å². The molecule has 1 amide bonds. The molecule has 4 rings (SSSR count). The molecule has 1 saturated carbocycles. The van der Waals surface area contributed by atoms with Crippen LogP contribution in [0.15, 0.2) is 48.7 Å². The highest BCUT2D eigenvalue weighted by atomic mass is 16.5. The van der Waals surface area contributed by atoms with Gasteiger partial charge in [0.1, 0.15) is 17.0 Å². The van der Waals surface area contributed by atoms with Gasteiger partial charge in [0.25, 0.3) is 5.91 Å². The first-order chi connectivity index (χ1) is 11.8. The van der Waals surface area contributed by atoms with Crippen molar-refractivity contribution in [1.29, 1.82) is 0 Å². The van der Waals surface area contributed by atoms with Crippen molar-refractivity contribution in [2.75, 3.05) is 0 Å². The standard InChI is InChI=1S/C20H22N2O2/c23-19(16-9-4-7-13-21-16)22-17-14-20(11-5-1-6-12-20)24-18-10-3-2-8-15(17)18/h2-4,7-10,13,17H,1,5-6,11-12,14H2,(H,22,23). The Morgan fingerprint density at radius 2 is 1.88 bits per heavy atom. The number of carbonyl (C=O) groups is 1. The molecule has 4 heteroatoms. The Morgan fingerprint density at radius 1 is 1.08 bits per heavy atom. The van der Waals surface area contributed by atoms with E-state index in [1.807, 2.05) is 36.4 Å². The van der Waals surface area contributed by atoms with E-state index in [2.05, 4.69) is 10.3 Å². The molecule has 0 radical (unpaired) electrons. The van der Waals surface area contributed by atoms with E-state index in [1.54, 1.807) is 12.3 Å². The van der Waals surface area contributed by atoms with E-state index in [9.17, 15) is 4.79 Å². The number of ether oxygens (including phenoxy) is 1. The van der Waals surface area contributed by atoms with Gasteiger partial charge in [0.15, 0.2) is 0 Å². The molecule has 1 spiro atoms. The highest BCUT2D eigenvalue weighted by Gasteiger charge is 2.42. The maximum Gasteiger partial charge on any atom is 0.270 e. The van der Waals surface area contributed by atoms with Crippen molar-refractivity contribution in [1.82, 2.24) is 10.3 Å². The number of hydrogen-bond donors (Lipinski definition) is 1. The second kappa shape index (κ2) is 6.27. The molecule has 1 atom stereocenters. The Balaban J connectivity index is 1.62. The summed E-state index contributed by atoms with van der Waals surface area (Å²) in [5.41, 5.74) is 1.39. The summed E-state index contributed by atoms with van der Waals surface area (Å²) in [5, 5.41) is 3.18. The summed E-state index contributed by atoms with van der Waals surface area (Å²) < 4.78 is 6.41. The SMILES string of the molecule is O=C(NC1CC2(CCCCC2)Oc2ccccc21)c1ccccn1. The molecule has 2 aliphatic rings. The number of rotatable bonds is 2. The number of aromatic nitrogens is 1. The van der Waals surface area contributed by atoms with Crippen LogP contribution in [0, 0.1) is 0 Å². The van der Waals surface area contributed by atoms with Crippen molar-refractivity contribution in [2.45, 2.75) is 50.2 Å². The Labute approximate surface area is 142 Å². The number of fused-ring (bicyclic) bond motifs is 1. The fourth-order valence-corrected chi connectivity index (χ4v) is 3.98. The van der Waals surface area contributed by atoms with Gasteiger partial charge >= 0.3 is 0 Å². The van der Waals surface area contributed by atoms with Crippen LogP contribution in [0.25, 0.3) is 0 Å². The lowest BCUT2D eigenvalue weighted by Gasteiger charge is -2.44. The minimum absolute atomic E-state index is 0.0254. The van der Waals surface area contributed by atoms with E-state index in [1.165, 1.54) is 19.3 Å². The number of benzene rings is 1. The van der Waals surface area contributed by atoms with Crippen molar-refractivity contribution in [3.63, 3.8) is 0 Å². The summed E-state index contributed by atoms with van der Waals surface area (Å²) in [6, 6.07) is 13.4. The fourth-order valence-electron chi connectivity index (χ4n) is 3.98. The molecule has 1 N–H and O–H groups in total. The van der Waals surface area contributed by atoms with E-state index in [4.69, 9.17) is 4.74 Å². The zero-order valence-corrected chi connectivity index (χ0v) is 13.7. The third-order valence-corrected chi connectivity index (χ3v) is 5.16. The molecule has 0 saturated heterocycles. The normalized spacial score (nSPS) is 21.6. The third-order valence-electron chi connectivity index (χ3n) is 5.16. The lowest BCUT2D eigenvalue weighted by Crippen LogP contribution is -2.46. The highest BCUT2D eigenvalue weighted by molar-refractivity contribution is 5.92. The van der Waals surface area contributed by atoms with Crippen LogP contribution in [0.4, 0.5) is 0 Å². The van der Waals surface area contributed by atoms with Crippen LogP contribution in [0.5, 0.6) is 5.75 Å². The molecule has 2 aromatic rings. The molecule has 1 aliphatic carbocycles. The summed E-state index contributed by atoms with van der Waals surface area (Å²) in [6.07, 6.45) is 8.29. The number of pyridine rings is 1. The molecule has 1 fully saturated rings. The molecule has 1 aromatic heterocycles. The largest absolute Gasteiger partial charge is 0.487 e. The second-order valence-electron chi connectivity index (χ2n) is 6.83. The van der Waals surface area contributed by atoms with Crippen LogP contribution in [0.1, 0.15) is 60.6 Å². The Hall–Kier alpha value is -2.36. The zero-order valence-electron chi connectivity index (χ0n) is 13.7. The van der Waals surface area contributed by atoms with Gasteiger partial charge in [-0.15, -0.1) is 0 Å². The fraction of sp³-hybridized carbons (Fsp3) is 0.400. The van der Waals surface area contributed by atoms with Gasteiger partial charge in [-0.25, -0.2) is 0 Å². The summed E-state index contributed by atoms with van der Waals surface area (Å²) in [5.74, 6) is 0.792.